The van der Waals surface area contributed by atoms with Gasteiger partial charge in [0.15, 0.2) is 0 Å². The monoisotopic (exact) mass is 315 g/mol. The summed E-state index contributed by atoms with van der Waals surface area (Å²) in [4.78, 5) is 10.9. The third kappa shape index (κ3) is 2.93. The van der Waals surface area contributed by atoms with Crippen LogP contribution in [0.15, 0.2) is 23.1 Å². The van der Waals surface area contributed by atoms with Gasteiger partial charge in [0.2, 0.25) is 10.0 Å². The molecule has 2 atom stereocenters. The summed E-state index contributed by atoms with van der Waals surface area (Å²) in [6.07, 6.45) is -1.84. The highest BCUT2D eigenvalue weighted by molar-refractivity contribution is 7.89. The van der Waals surface area contributed by atoms with Gasteiger partial charge >= 0.3 is 5.97 Å². The zero-order chi connectivity index (χ0) is 15.8. The third-order valence-electron chi connectivity index (χ3n) is 3.54. The highest BCUT2D eigenvalue weighted by Crippen LogP contribution is 2.26. The van der Waals surface area contributed by atoms with Crippen molar-refractivity contribution in [3.63, 3.8) is 0 Å². The van der Waals surface area contributed by atoms with Gasteiger partial charge in [-0.15, -0.1) is 0 Å². The third-order valence-corrected chi connectivity index (χ3v) is 5.45. The van der Waals surface area contributed by atoms with Gasteiger partial charge in [0.25, 0.3) is 0 Å². The largest absolute Gasteiger partial charge is 0.478 e. The van der Waals surface area contributed by atoms with E-state index in [0.717, 1.165) is 10.4 Å². The molecule has 0 bridgehead atoms. The quantitative estimate of drug-likeness (QED) is 0.701. The average Bonchev–Trinajstić information content (AvgIpc) is 2.78. The van der Waals surface area contributed by atoms with Crippen molar-refractivity contribution < 1.29 is 28.5 Å². The van der Waals surface area contributed by atoms with E-state index in [1.54, 1.807) is 6.92 Å². The van der Waals surface area contributed by atoms with Gasteiger partial charge < -0.3 is 15.3 Å². The average molecular weight is 315 g/mol. The van der Waals surface area contributed by atoms with Gasteiger partial charge in [0, 0.05) is 13.1 Å². The van der Waals surface area contributed by atoms with Crippen LogP contribution in [0, 0.1) is 0 Å². The normalized spacial score (nSPS) is 23.4. The molecule has 0 aromatic heterocycles. The fourth-order valence-electron chi connectivity index (χ4n) is 2.29. The number of benzene rings is 1. The molecular weight excluding hydrogens is 298 g/mol. The molecule has 1 aromatic rings. The van der Waals surface area contributed by atoms with Crippen LogP contribution >= 0.6 is 0 Å². The summed E-state index contributed by atoms with van der Waals surface area (Å²) >= 11 is 0. The molecule has 0 unspecified atom stereocenters. The predicted molar refractivity (Wildman–Crippen MR) is 73.6 cm³/mol. The number of β-amino-alcohol motifs (C(OH)–C–C–N with tert-alkyl or cyclic N) is 2. The number of aliphatic hydroxyl groups excluding tert-OH is 2. The van der Waals surface area contributed by atoms with Crippen molar-refractivity contribution >= 4 is 16.0 Å². The zero-order valence-corrected chi connectivity index (χ0v) is 12.2. The number of rotatable bonds is 4. The number of carboxylic acid groups (broad SMARTS) is 1. The molecule has 116 valence electrons. The van der Waals surface area contributed by atoms with Crippen molar-refractivity contribution in [2.75, 3.05) is 13.1 Å². The highest BCUT2D eigenvalue weighted by Gasteiger charge is 2.38. The van der Waals surface area contributed by atoms with Gasteiger partial charge in [-0.1, -0.05) is 13.0 Å². The van der Waals surface area contributed by atoms with Crippen molar-refractivity contribution in [3.8, 4) is 0 Å². The first-order valence-electron chi connectivity index (χ1n) is 6.50. The van der Waals surface area contributed by atoms with Crippen LogP contribution in [0.1, 0.15) is 22.8 Å². The lowest BCUT2D eigenvalue weighted by molar-refractivity contribution is 0.0572. The molecule has 0 aliphatic carbocycles. The Bertz CT molecular complexity index is 647. The van der Waals surface area contributed by atoms with Crippen LogP contribution in [0.2, 0.25) is 0 Å². The second kappa shape index (κ2) is 5.72. The summed E-state index contributed by atoms with van der Waals surface area (Å²) in [7, 11) is -3.95. The fourth-order valence-corrected chi connectivity index (χ4v) is 4.09. The maximum Gasteiger partial charge on any atom is 0.335 e. The molecule has 1 saturated heterocycles. The summed E-state index contributed by atoms with van der Waals surface area (Å²) in [6, 6.07) is 3.95. The van der Waals surface area contributed by atoms with E-state index in [0.29, 0.717) is 12.0 Å². The van der Waals surface area contributed by atoms with Gasteiger partial charge in [0.05, 0.1) is 22.7 Å². The van der Waals surface area contributed by atoms with Crippen LogP contribution in [0.5, 0.6) is 0 Å². The molecule has 0 amide bonds. The van der Waals surface area contributed by atoms with Crippen LogP contribution in [0.4, 0.5) is 0 Å². The maximum absolute atomic E-state index is 12.6. The topological polar surface area (TPSA) is 115 Å². The number of aromatic carboxylic acids is 1. The fraction of sp³-hybridized carbons (Fsp3) is 0.462. The van der Waals surface area contributed by atoms with Crippen molar-refractivity contribution in [3.05, 3.63) is 29.3 Å². The minimum Gasteiger partial charge on any atom is -0.478 e. The Morgan fingerprint density at radius 2 is 1.86 bits per heavy atom. The number of sulfonamides is 1. The van der Waals surface area contributed by atoms with E-state index in [1.807, 2.05) is 0 Å². The molecule has 0 radical (unpaired) electrons. The first kappa shape index (κ1) is 15.9. The molecule has 0 saturated carbocycles. The summed E-state index contributed by atoms with van der Waals surface area (Å²) < 4.78 is 26.2. The molecule has 1 heterocycles. The lowest BCUT2D eigenvalue weighted by atomic mass is 10.1. The molecule has 8 heteroatoms. The lowest BCUT2D eigenvalue weighted by Gasteiger charge is -2.18. The van der Waals surface area contributed by atoms with E-state index in [4.69, 9.17) is 5.11 Å². The molecular formula is C13H17NO6S. The first-order chi connectivity index (χ1) is 9.77. The van der Waals surface area contributed by atoms with Crippen molar-refractivity contribution in [2.45, 2.75) is 30.4 Å². The van der Waals surface area contributed by atoms with E-state index < -0.39 is 28.2 Å². The maximum atomic E-state index is 12.6. The number of hydrogen-bond acceptors (Lipinski definition) is 5. The number of carboxylic acids is 1. The Morgan fingerprint density at radius 3 is 2.33 bits per heavy atom. The molecule has 2 rings (SSSR count). The Kier molecular flexibility index (Phi) is 4.33. The summed E-state index contributed by atoms with van der Waals surface area (Å²) in [5.74, 6) is -1.21. The van der Waals surface area contributed by atoms with Crippen molar-refractivity contribution in [1.29, 1.82) is 0 Å². The number of carbonyl (C=O) groups is 1. The smallest absolute Gasteiger partial charge is 0.335 e. The van der Waals surface area contributed by atoms with Crippen molar-refractivity contribution in [1.82, 2.24) is 4.31 Å². The zero-order valence-electron chi connectivity index (χ0n) is 11.4. The second-order valence-corrected chi connectivity index (χ2v) is 6.84. The van der Waals surface area contributed by atoms with Crippen LogP contribution in [0.3, 0.4) is 0 Å². The number of aryl methyl sites for hydroxylation is 1. The Labute approximate surface area is 122 Å². The van der Waals surface area contributed by atoms with Gasteiger partial charge in [-0.05, 0) is 24.1 Å². The second-order valence-electron chi connectivity index (χ2n) is 4.94. The van der Waals surface area contributed by atoms with Gasteiger partial charge in [0.1, 0.15) is 0 Å². The number of hydrogen-bond donors (Lipinski definition) is 3. The number of nitrogens with zero attached hydrogens (tertiary/aromatic N) is 1. The summed E-state index contributed by atoms with van der Waals surface area (Å²) in [5, 5.41) is 28.0. The SMILES string of the molecule is CCc1ccc(C(=O)O)cc1S(=O)(=O)N1C[C@@H](O)[C@@H](O)C1. The molecule has 1 aliphatic heterocycles. The van der Waals surface area contributed by atoms with E-state index in [2.05, 4.69) is 0 Å². The molecule has 0 spiro atoms. The van der Waals surface area contributed by atoms with Crippen LogP contribution in [0.25, 0.3) is 0 Å². The minimum absolute atomic E-state index is 0.0915. The van der Waals surface area contributed by atoms with E-state index >= 15 is 0 Å². The lowest BCUT2D eigenvalue weighted by Crippen LogP contribution is -2.31. The van der Waals surface area contributed by atoms with Crippen molar-refractivity contribution in [2.24, 2.45) is 0 Å². The van der Waals surface area contributed by atoms with Gasteiger partial charge in [-0.3, -0.25) is 0 Å². The molecule has 1 aromatic carbocycles. The molecule has 7 nitrogen and oxygen atoms in total. The van der Waals surface area contributed by atoms with Crippen LogP contribution < -0.4 is 0 Å². The van der Waals surface area contributed by atoms with Crippen LogP contribution in [-0.2, 0) is 16.4 Å². The van der Waals surface area contributed by atoms with Crippen LogP contribution in [-0.4, -0.2) is 59.3 Å². The summed E-state index contributed by atoms with van der Waals surface area (Å²) in [5.41, 5.74) is 0.377. The standard InChI is InChI=1S/C13H17NO6S/c1-2-8-3-4-9(13(17)18)5-12(8)21(19,20)14-6-10(15)11(16)7-14/h3-5,10-11,15-16H,2,6-7H2,1H3,(H,17,18)/t10-,11+. The van der Waals surface area contributed by atoms with E-state index in [-0.39, 0.29) is 23.5 Å². The molecule has 21 heavy (non-hydrogen) atoms. The predicted octanol–water partition coefficient (Wildman–Crippen LogP) is -0.327. The molecule has 1 fully saturated rings. The molecule has 1 aliphatic rings. The summed E-state index contributed by atoms with van der Waals surface area (Å²) in [6.45, 7) is 1.36. The van der Waals surface area contributed by atoms with E-state index in [9.17, 15) is 23.4 Å². The molecule has 3 N–H and O–H groups in total. The minimum atomic E-state index is -3.95. The van der Waals surface area contributed by atoms with Gasteiger partial charge in [-0.25, -0.2) is 13.2 Å². The Balaban J connectivity index is 2.48. The van der Waals surface area contributed by atoms with E-state index in [1.165, 1.54) is 12.1 Å². The Morgan fingerprint density at radius 1 is 1.29 bits per heavy atom. The first-order valence-corrected chi connectivity index (χ1v) is 7.94. The van der Waals surface area contributed by atoms with Gasteiger partial charge in [-0.2, -0.15) is 4.31 Å². The number of aliphatic hydroxyl groups is 2. The highest BCUT2D eigenvalue weighted by atomic mass is 32.2. The Hall–Kier alpha value is -1.48.